The van der Waals surface area contributed by atoms with Gasteiger partial charge in [0.05, 0.1) is 13.2 Å². The van der Waals surface area contributed by atoms with E-state index < -0.39 is 0 Å². The van der Waals surface area contributed by atoms with E-state index in [1.807, 2.05) is 68.1 Å². The van der Waals surface area contributed by atoms with Crippen molar-refractivity contribution in [3.63, 3.8) is 0 Å². The second-order valence-corrected chi connectivity index (χ2v) is 9.33. The first-order valence-electron chi connectivity index (χ1n) is 11.5. The zero-order chi connectivity index (χ0) is 22.8. The number of nitrogens with one attached hydrogen (secondary N) is 1. The molecule has 0 saturated carbocycles. The molecule has 3 rings (SSSR count). The molecular weight excluding hydrogens is 402 g/mol. The Morgan fingerprint density at radius 1 is 1.03 bits per heavy atom. The van der Waals surface area contributed by atoms with Crippen LogP contribution in [0.2, 0.25) is 0 Å². The molecule has 0 spiro atoms. The fourth-order valence-electron chi connectivity index (χ4n) is 3.61. The van der Waals surface area contributed by atoms with Crippen LogP contribution in [0.15, 0.2) is 54.6 Å². The molecule has 1 heterocycles. The normalized spacial score (nSPS) is 14.7. The molecular formula is C26H37N3O3. The summed E-state index contributed by atoms with van der Waals surface area (Å²) < 4.78 is 11.3. The van der Waals surface area contributed by atoms with Crippen molar-refractivity contribution in [1.29, 1.82) is 0 Å². The van der Waals surface area contributed by atoms with E-state index in [0.717, 1.165) is 56.1 Å². The predicted molar refractivity (Wildman–Crippen MR) is 128 cm³/mol. The van der Waals surface area contributed by atoms with Crippen molar-refractivity contribution in [2.75, 3.05) is 39.4 Å². The minimum atomic E-state index is -0.269. The number of amides is 2. The third-order valence-electron chi connectivity index (χ3n) is 5.32. The molecule has 6 nitrogen and oxygen atoms in total. The molecule has 1 aliphatic rings. The first kappa shape index (κ1) is 24.1. The maximum absolute atomic E-state index is 12.9. The number of urea groups is 1. The number of morpholine rings is 1. The van der Waals surface area contributed by atoms with Gasteiger partial charge in [-0.05, 0) is 50.5 Å². The van der Waals surface area contributed by atoms with Gasteiger partial charge in [-0.1, -0.05) is 42.5 Å². The highest BCUT2D eigenvalue weighted by atomic mass is 16.5. The molecule has 0 atom stereocenters. The average molecular weight is 440 g/mol. The minimum absolute atomic E-state index is 0.0242. The Morgan fingerprint density at radius 3 is 2.38 bits per heavy atom. The molecule has 0 unspecified atom stereocenters. The van der Waals surface area contributed by atoms with Crippen LogP contribution in [0.1, 0.15) is 38.3 Å². The third-order valence-corrected chi connectivity index (χ3v) is 5.32. The Hall–Kier alpha value is -2.57. The maximum atomic E-state index is 12.9. The standard InChI is InChI=1S/C26H37N3O3/c1-26(2,3)27-25(30)29(15-7-14-28-16-18-31-19-17-28)20-22-10-12-24(13-11-22)32-21-23-8-5-4-6-9-23/h4-6,8-13H,7,14-21H2,1-3H3,(H,27,30). The van der Waals surface area contributed by atoms with Crippen LogP contribution < -0.4 is 10.1 Å². The monoisotopic (exact) mass is 439 g/mol. The van der Waals surface area contributed by atoms with Gasteiger partial charge in [-0.2, -0.15) is 0 Å². The maximum Gasteiger partial charge on any atom is 0.318 e. The number of hydrogen-bond acceptors (Lipinski definition) is 4. The van der Waals surface area contributed by atoms with E-state index in [9.17, 15) is 4.79 Å². The first-order valence-corrected chi connectivity index (χ1v) is 11.5. The Bertz CT molecular complexity index is 812. The van der Waals surface area contributed by atoms with Crippen LogP contribution in [0.4, 0.5) is 4.79 Å². The number of nitrogens with zero attached hydrogens (tertiary/aromatic N) is 2. The molecule has 174 valence electrons. The molecule has 1 saturated heterocycles. The molecule has 0 aromatic heterocycles. The highest BCUT2D eigenvalue weighted by Crippen LogP contribution is 2.16. The molecule has 1 aliphatic heterocycles. The van der Waals surface area contributed by atoms with E-state index in [-0.39, 0.29) is 11.6 Å². The average Bonchev–Trinajstić information content (AvgIpc) is 2.78. The van der Waals surface area contributed by atoms with E-state index in [1.165, 1.54) is 0 Å². The van der Waals surface area contributed by atoms with E-state index in [1.54, 1.807) is 0 Å². The Balaban J connectivity index is 1.55. The van der Waals surface area contributed by atoms with Gasteiger partial charge in [0.15, 0.2) is 0 Å². The highest BCUT2D eigenvalue weighted by Gasteiger charge is 2.20. The molecule has 1 N–H and O–H groups in total. The molecule has 32 heavy (non-hydrogen) atoms. The lowest BCUT2D eigenvalue weighted by Gasteiger charge is -2.30. The van der Waals surface area contributed by atoms with Crippen molar-refractivity contribution >= 4 is 6.03 Å². The summed E-state index contributed by atoms with van der Waals surface area (Å²) in [5.41, 5.74) is 1.96. The van der Waals surface area contributed by atoms with Crippen molar-refractivity contribution < 1.29 is 14.3 Å². The van der Waals surface area contributed by atoms with Gasteiger partial charge in [0, 0.05) is 38.3 Å². The Kier molecular flexibility index (Phi) is 8.94. The lowest BCUT2D eigenvalue weighted by Crippen LogP contribution is -2.49. The second-order valence-electron chi connectivity index (χ2n) is 9.33. The summed E-state index contributed by atoms with van der Waals surface area (Å²) in [7, 11) is 0. The van der Waals surface area contributed by atoms with Gasteiger partial charge in [0.2, 0.25) is 0 Å². The topological polar surface area (TPSA) is 54.0 Å². The minimum Gasteiger partial charge on any atom is -0.489 e. The van der Waals surface area contributed by atoms with Crippen molar-refractivity contribution in [3.8, 4) is 5.75 Å². The van der Waals surface area contributed by atoms with Crippen LogP contribution in [0.3, 0.4) is 0 Å². The van der Waals surface area contributed by atoms with Crippen LogP contribution in [0, 0.1) is 0 Å². The number of carbonyl (C=O) groups excluding carboxylic acids is 1. The summed E-state index contributed by atoms with van der Waals surface area (Å²) in [5, 5.41) is 3.11. The van der Waals surface area contributed by atoms with Crippen molar-refractivity contribution in [3.05, 3.63) is 65.7 Å². The van der Waals surface area contributed by atoms with Gasteiger partial charge in [-0.3, -0.25) is 4.90 Å². The molecule has 0 aliphatic carbocycles. The molecule has 0 bridgehead atoms. The van der Waals surface area contributed by atoms with Gasteiger partial charge < -0.3 is 19.7 Å². The van der Waals surface area contributed by atoms with Crippen LogP contribution in [0.5, 0.6) is 5.75 Å². The lowest BCUT2D eigenvalue weighted by atomic mass is 10.1. The number of ether oxygens (including phenoxy) is 2. The zero-order valence-electron chi connectivity index (χ0n) is 19.7. The van der Waals surface area contributed by atoms with Gasteiger partial charge in [-0.25, -0.2) is 4.79 Å². The Labute approximate surface area is 192 Å². The summed E-state index contributed by atoms with van der Waals surface area (Å²) in [4.78, 5) is 17.2. The predicted octanol–water partition coefficient (Wildman–Crippen LogP) is 4.30. The van der Waals surface area contributed by atoms with Crippen molar-refractivity contribution in [2.45, 2.75) is 45.9 Å². The fraction of sp³-hybridized carbons (Fsp3) is 0.500. The van der Waals surface area contributed by atoms with Gasteiger partial charge in [0.1, 0.15) is 12.4 Å². The molecule has 6 heteroatoms. The lowest BCUT2D eigenvalue weighted by molar-refractivity contribution is 0.0364. The zero-order valence-corrected chi connectivity index (χ0v) is 19.7. The summed E-state index contributed by atoms with van der Waals surface area (Å²) >= 11 is 0. The first-order chi connectivity index (χ1) is 15.4. The van der Waals surface area contributed by atoms with E-state index in [2.05, 4.69) is 22.3 Å². The molecule has 2 amide bonds. The van der Waals surface area contributed by atoms with E-state index in [0.29, 0.717) is 19.7 Å². The number of hydrogen-bond donors (Lipinski definition) is 1. The van der Waals surface area contributed by atoms with Crippen molar-refractivity contribution in [1.82, 2.24) is 15.1 Å². The smallest absolute Gasteiger partial charge is 0.318 e. The third kappa shape index (κ3) is 8.52. The van der Waals surface area contributed by atoms with Crippen molar-refractivity contribution in [2.24, 2.45) is 0 Å². The number of benzene rings is 2. The van der Waals surface area contributed by atoms with Gasteiger partial charge >= 0.3 is 6.03 Å². The molecule has 0 radical (unpaired) electrons. The fourth-order valence-corrected chi connectivity index (χ4v) is 3.61. The van der Waals surface area contributed by atoms with E-state index in [4.69, 9.17) is 9.47 Å². The van der Waals surface area contributed by atoms with Crippen LogP contribution in [0.25, 0.3) is 0 Å². The summed E-state index contributed by atoms with van der Waals surface area (Å²) in [6.07, 6.45) is 0.940. The quantitative estimate of drug-likeness (QED) is 0.633. The highest BCUT2D eigenvalue weighted by molar-refractivity contribution is 5.75. The molecule has 2 aromatic carbocycles. The van der Waals surface area contributed by atoms with E-state index >= 15 is 0 Å². The second kappa shape index (κ2) is 11.9. The van der Waals surface area contributed by atoms with Crippen LogP contribution in [-0.2, 0) is 17.9 Å². The van der Waals surface area contributed by atoms with Crippen LogP contribution in [-0.4, -0.2) is 60.8 Å². The molecule has 1 fully saturated rings. The Morgan fingerprint density at radius 2 is 1.72 bits per heavy atom. The number of carbonyl (C=O) groups is 1. The molecule has 2 aromatic rings. The van der Waals surface area contributed by atoms with Gasteiger partial charge in [0.25, 0.3) is 0 Å². The SMILES string of the molecule is CC(C)(C)NC(=O)N(CCCN1CCOCC1)Cc1ccc(OCc2ccccc2)cc1. The summed E-state index contributed by atoms with van der Waals surface area (Å²) in [6, 6.07) is 18.1. The number of rotatable bonds is 9. The summed E-state index contributed by atoms with van der Waals surface area (Å²) in [5.74, 6) is 0.829. The van der Waals surface area contributed by atoms with Crippen LogP contribution >= 0.6 is 0 Å². The van der Waals surface area contributed by atoms with Gasteiger partial charge in [-0.15, -0.1) is 0 Å². The largest absolute Gasteiger partial charge is 0.489 e. The summed E-state index contributed by atoms with van der Waals surface area (Å²) in [6.45, 7) is 12.4.